The molecule has 0 unspecified atom stereocenters. The highest BCUT2D eigenvalue weighted by Gasteiger charge is 2.15. The van der Waals surface area contributed by atoms with Crippen molar-refractivity contribution in [1.82, 2.24) is 4.98 Å². The van der Waals surface area contributed by atoms with Crippen molar-refractivity contribution in [2.75, 3.05) is 14.2 Å². The summed E-state index contributed by atoms with van der Waals surface area (Å²) in [6, 6.07) is 4.83. The van der Waals surface area contributed by atoms with Crippen molar-refractivity contribution < 1.29 is 14.3 Å². The van der Waals surface area contributed by atoms with Crippen molar-refractivity contribution in [3.63, 3.8) is 0 Å². The maximum Gasteiger partial charge on any atom is 0.356 e. The van der Waals surface area contributed by atoms with Crippen LogP contribution in [0.2, 0.25) is 10.0 Å². The van der Waals surface area contributed by atoms with Crippen LogP contribution in [0.15, 0.2) is 18.2 Å². The van der Waals surface area contributed by atoms with E-state index in [-0.39, 0.29) is 11.6 Å². The second kappa shape index (κ2) is 5.00. The lowest BCUT2D eigenvalue weighted by Gasteiger charge is -2.09. The van der Waals surface area contributed by atoms with Crippen molar-refractivity contribution in [3.05, 3.63) is 33.9 Å². The zero-order valence-corrected chi connectivity index (χ0v) is 11.2. The Labute approximate surface area is 113 Å². The third-order valence-electron chi connectivity index (χ3n) is 2.40. The van der Waals surface area contributed by atoms with Crippen LogP contribution in [0.3, 0.4) is 0 Å². The number of carbonyl (C=O) groups is 1. The van der Waals surface area contributed by atoms with Crippen LogP contribution in [0.5, 0.6) is 5.88 Å². The van der Waals surface area contributed by atoms with Crippen molar-refractivity contribution in [2.24, 2.45) is 0 Å². The van der Waals surface area contributed by atoms with Crippen LogP contribution in [0.4, 0.5) is 0 Å². The normalized spacial score (nSPS) is 10.4. The predicted molar refractivity (Wildman–Crippen MR) is 69.7 cm³/mol. The fourth-order valence-electron chi connectivity index (χ4n) is 1.63. The molecule has 2 rings (SSSR count). The number of carbonyl (C=O) groups excluding carboxylic acids is 1. The Bertz CT molecular complexity index is 628. The molecule has 18 heavy (non-hydrogen) atoms. The van der Waals surface area contributed by atoms with Gasteiger partial charge in [-0.3, -0.25) is 0 Å². The van der Waals surface area contributed by atoms with Crippen LogP contribution >= 0.6 is 23.2 Å². The maximum atomic E-state index is 11.5. The van der Waals surface area contributed by atoms with Crippen LogP contribution in [0.25, 0.3) is 10.8 Å². The number of aromatic nitrogens is 1. The van der Waals surface area contributed by atoms with E-state index in [1.54, 1.807) is 18.2 Å². The molecule has 0 aliphatic rings. The Hall–Kier alpha value is -1.52. The summed E-state index contributed by atoms with van der Waals surface area (Å²) >= 11 is 12.0. The molecule has 4 nitrogen and oxygen atoms in total. The Morgan fingerprint density at radius 3 is 2.56 bits per heavy atom. The molecule has 0 radical (unpaired) electrons. The Balaban J connectivity index is 2.79. The third-order valence-corrected chi connectivity index (χ3v) is 2.92. The highest BCUT2D eigenvalue weighted by Crippen LogP contribution is 2.34. The van der Waals surface area contributed by atoms with Crippen molar-refractivity contribution in [3.8, 4) is 5.88 Å². The van der Waals surface area contributed by atoms with E-state index in [0.29, 0.717) is 20.8 Å². The molecule has 0 atom stereocenters. The second-order valence-electron chi connectivity index (χ2n) is 3.49. The van der Waals surface area contributed by atoms with Crippen LogP contribution < -0.4 is 4.74 Å². The molecule has 0 N–H and O–H groups in total. The van der Waals surface area contributed by atoms with Gasteiger partial charge in [-0.2, -0.15) is 0 Å². The summed E-state index contributed by atoms with van der Waals surface area (Å²) < 4.78 is 9.76. The SMILES string of the molecule is COC(=O)c1cc2cc(Cl)cc(Cl)c2c(OC)n1. The number of pyridine rings is 1. The molecule has 1 heterocycles. The number of nitrogens with zero attached hydrogens (tertiary/aromatic N) is 1. The van der Waals surface area contributed by atoms with E-state index in [9.17, 15) is 4.79 Å². The number of methoxy groups -OCH3 is 2. The summed E-state index contributed by atoms with van der Waals surface area (Å²) in [5.41, 5.74) is 0.139. The van der Waals surface area contributed by atoms with Crippen molar-refractivity contribution in [1.29, 1.82) is 0 Å². The maximum absolute atomic E-state index is 11.5. The average Bonchev–Trinajstić information content (AvgIpc) is 2.35. The number of rotatable bonds is 2. The molecule has 0 bridgehead atoms. The molecular weight excluding hydrogens is 277 g/mol. The highest BCUT2D eigenvalue weighted by atomic mass is 35.5. The van der Waals surface area contributed by atoms with Gasteiger partial charge >= 0.3 is 5.97 Å². The predicted octanol–water partition coefficient (Wildman–Crippen LogP) is 3.34. The Kier molecular flexibility index (Phi) is 3.59. The fraction of sp³-hybridized carbons (Fsp3) is 0.167. The van der Waals surface area contributed by atoms with E-state index in [4.69, 9.17) is 27.9 Å². The smallest absolute Gasteiger partial charge is 0.356 e. The van der Waals surface area contributed by atoms with Gasteiger partial charge in [0, 0.05) is 5.02 Å². The molecule has 0 saturated carbocycles. The standard InChI is InChI=1S/C12H9Cl2NO3/c1-17-11-10-6(3-7(13)5-8(10)14)4-9(15-11)12(16)18-2/h3-5H,1-2H3. The molecule has 0 spiro atoms. The van der Waals surface area contributed by atoms with Gasteiger partial charge in [0.05, 0.1) is 24.6 Å². The molecule has 0 amide bonds. The summed E-state index contributed by atoms with van der Waals surface area (Å²) in [4.78, 5) is 15.5. The monoisotopic (exact) mass is 285 g/mol. The lowest BCUT2D eigenvalue weighted by Crippen LogP contribution is -2.05. The second-order valence-corrected chi connectivity index (χ2v) is 4.34. The van der Waals surface area contributed by atoms with E-state index < -0.39 is 5.97 Å². The fourth-order valence-corrected chi connectivity index (χ4v) is 2.22. The van der Waals surface area contributed by atoms with Gasteiger partial charge in [0.1, 0.15) is 0 Å². The van der Waals surface area contributed by atoms with Gasteiger partial charge in [0.25, 0.3) is 0 Å². The van der Waals surface area contributed by atoms with Crippen LogP contribution in [0.1, 0.15) is 10.5 Å². The first-order valence-corrected chi connectivity index (χ1v) is 5.74. The number of ether oxygens (including phenoxy) is 2. The largest absolute Gasteiger partial charge is 0.480 e. The lowest BCUT2D eigenvalue weighted by atomic mass is 10.1. The summed E-state index contributed by atoms with van der Waals surface area (Å²) in [7, 11) is 2.74. The molecule has 0 fully saturated rings. The molecule has 6 heteroatoms. The number of fused-ring (bicyclic) bond motifs is 1. The van der Waals surface area contributed by atoms with Crippen LogP contribution in [0, 0.1) is 0 Å². The summed E-state index contributed by atoms with van der Waals surface area (Å²) in [6.07, 6.45) is 0. The first-order valence-electron chi connectivity index (χ1n) is 4.99. The minimum Gasteiger partial charge on any atom is -0.480 e. The topological polar surface area (TPSA) is 48.4 Å². The first-order chi connectivity index (χ1) is 8.56. The highest BCUT2D eigenvalue weighted by molar-refractivity contribution is 6.39. The third kappa shape index (κ3) is 2.21. The average molecular weight is 286 g/mol. The van der Waals surface area contributed by atoms with Crippen molar-refractivity contribution in [2.45, 2.75) is 0 Å². The van der Waals surface area contributed by atoms with Crippen LogP contribution in [-0.4, -0.2) is 25.2 Å². The molecule has 1 aromatic heterocycles. The lowest BCUT2D eigenvalue weighted by molar-refractivity contribution is 0.0593. The van der Waals surface area contributed by atoms with Gasteiger partial charge in [-0.1, -0.05) is 23.2 Å². The zero-order valence-electron chi connectivity index (χ0n) is 9.66. The zero-order chi connectivity index (χ0) is 13.3. The number of esters is 1. The molecule has 1 aromatic carbocycles. The first kappa shape index (κ1) is 12.9. The van der Waals surface area contributed by atoms with Gasteiger partial charge in [0.15, 0.2) is 5.69 Å². The summed E-state index contributed by atoms with van der Waals surface area (Å²) in [5.74, 6) is -0.291. The molecule has 0 aliphatic heterocycles. The molecule has 94 valence electrons. The molecule has 2 aromatic rings. The number of hydrogen-bond acceptors (Lipinski definition) is 4. The van der Waals surface area contributed by atoms with E-state index in [1.807, 2.05) is 0 Å². The van der Waals surface area contributed by atoms with Gasteiger partial charge in [-0.05, 0) is 23.6 Å². The minimum absolute atomic E-state index is 0.139. The number of benzene rings is 1. The van der Waals surface area contributed by atoms with Gasteiger partial charge in [-0.15, -0.1) is 0 Å². The van der Waals surface area contributed by atoms with Crippen LogP contribution in [-0.2, 0) is 4.74 Å². The summed E-state index contributed by atoms with van der Waals surface area (Å²) in [5, 5.41) is 2.16. The van der Waals surface area contributed by atoms with E-state index >= 15 is 0 Å². The Morgan fingerprint density at radius 1 is 1.22 bits per heavy atom. The summed E-state index contributed by atoms with van der Waals surface area (Å²) in [6.45, 7) is 0. The van der Waals surface area contributed by atoms with E-state index in [2.05, 4.69) is 9.72 Å². The van der Waals surface area contributed by atoms with Crippen molar-refractivity contribution >= 4 is 39.9 Å². The van der Waals surface area contributed by atoms with E-state index in [1.165, 1.54) is 14.2 Å². The van der Waals surface area contributed by atoms with Gasteiger partial charge < -0.3 is 9.47 Å². The van der Waals surface area contributed by atoms with E-state index in [0.717, 1.165) is 0 Å². The minimum atomic E-state index is -0.550. The molecular formula is C12H9Cl2NO3. The Morgan fingerprint density at radius 2 is 1.94 bits per heavy atom. The quantitative estimate of drug-likeness (QED) is 0.794. The molecule has 0 saturated heterocycles. The number of halogens is 2. The van der Waals surface area contributed by atoms with Gasteiger partial charge in [-0.25, -0.2) is 9.78 Å². The van der Waals surface area contributed by atoms with Gasteiger partial charge in [0.2, 0.25) is 5.88 Å². The number of hydrogen-bond donors (Lipinski definition) is 0. The molecule has 0 aliphatic carbocycles.